The molecular formula is C31H36NO9+. The molecule has 218 valence electrons. The molecule has 2 aromatic carbocycles. The van der Waals surface area contributed by atoms with Gasteiger partial charge in [-0.1, -0.05) is 60.7 Å². The number of rotatable bonds is 10. The second-order valence-electron chi connectivity index (χ2n) is 11.1. The zero-order valence-electron chi connectivity index (χ0n) is 22.9. The Labute approximate surface area is 238 Å². The number of carbonyl (C=O) groups is 4. The van der Waals surface area contributed by atoms with Gasteiger partial charge < -0.3 is 28.5 Å². The summed E-state index contributed by atoms with van der Waals surface area (Å²) in [6, 6.07) is 18.2. The predicted molar refractivity (Wildman–Crippen MR) is 144 cm³/mol. The van der Waals surface area contributed by atoms with Gasteiger partial charge in [0.25, 0.3) is 5.60 Å². The number of nitrogens with zero attached hydrogens (tertiary/aromatic N) is 1. The van der Waals surface area contributed by atoms with Crippen molar-refractivity contribution >= 4 is 24.1 Å². The Kier molecular flexibility index (Phi) is 8.58. The molecule has 2 bridgehead atoms. The minimum atomic E-state index is -1.97. The molecule has 0 aliphatic carbocycles. The number of carbonyl (C=O) groups excluding carboxylic acids is 3. The van der Waals surface area contributed by atoms with Crippen molar-refractivity contribution in [1.82, 2.24) is 0 Å². The van der Waals surface area contributed by atoms with E-state index in [9.17, 15) is 19.2 Å². The molecule has 3 aliphatic rings. The number of carboxylic acid groups (broad SMARTS) is 1. The van der Waals surface area contributed by atoms with Crippen LogP contribution in [0.4, 0.5) is 4.79 Å². The lowest BCUT2D eigenvalue weighted by Crippen LogP contribution is -2.60. The minimum absolute atomic E-state index is 0.300. The van der Waals surface area contributed by atoms with Gasteiger partial charge in [-0.05, 0) is 0 Å². The van der Waals surface area contributed by atoms with Crippen LogP contribution in [0.3, 0.4) is 0 Å². The number of hydrogen-bond acceptors (Lipinski definition) is 8. The maximum atomic E-state index is 14.2. The number of benzene rings is 2. The average molecular weight is 567 g/mol. The second kappa shape index (κ2) is 12.3. The van der Waals surface area contributed by atoms with Gasteiger partial charge in [-0.25, -0.2) is 9.59 Å². The summed E-state index contributed by atoms with van der Waals surface area (Å²) >= 11 is 0. The van der Waals surface area contributed by atoms with E-state index in [1.54, 1.807) is 60.7 Å². The molecule has 0 amide bonds. The largest absolute Gasteiger partial charge is 0.513 e. The molecule has 5 rings (SSSR count). The minimum Gasteiger partial charge on any atom is -0.481 e. The Bertz CT molecular complexity index is 1190. The van der Waals surface area contributed by atoms with Gasteiger partial charge in [0.1, 0.15) is 6.10 Å². The van der Waals surface area contributed by atoms with Crippen LogP contribution in [-0.4, -0.2) is 71.7 Å². The maximum absolute atomic E-state index is 14.2. The number of aliphatic carboxylic acids is 1. The molecule has 0 aromatic heterocycles. The molecule has 10 nitrogen and oxygen atoms in total. The molecule has 2 unspecified atom stereocenters. The standard InChI is InChI=1S/C31H35NO9/c33-27(34)15-16-28(35)38-21-39-30(37)41-31(22-9-3-1-4-10-22,23-11-5-2-6-12-23)29(36)40-26-19-24-13-14-25(20-26)32(24)17-7-8-18-32/h1-6,9-12,24-26H,7-8,13-21H2/p+1. The summed E-state index contributed by atoms with van der Waals surface area (Å²) in [6.07, 6.45) is 3.98. The molecule has 0 saturated carbocycles. The van der Waals surface area contributed by atoms with E-state index in [0.717, 1.165) is 30.2 Å². The zero-order valence-corrected chi connectivity index (χ0v) is 22.9. The third kappa shape index (κ3) is 5.93. The Morgan fingerprint density at radius 3 is 1.90 bits per heavy atom. The van der Waals surface area contributed by atoms with Crippen molar-refractivity contribution in [1.29, 1.82) is 0 Å². The van der Waals surface area contributed by atoms with E-state index >= 15 is 0 Å². The highest BCUT2D eigenvalue weighted by Crippen LogP contribution is 2.47. The van der Waals surface area contributed by atoms with Crippen LogP contribution < -0.4 is 0 Å². The van der Waals surface area contributed by atoms with E-state index in [4.69, 9.17) is 24.1 Å². The molecule has 3 fully saturated rings. The van der Waals surface area contributed by atoms with Crippen molar-refractivity contribution in [2.24, 2.45) is 0 Å². The summed E-state index contributed by atoms with van der Waals surface area (Å²) < 4.78 is 23.0. The number of piperidine rings is 1. The van der Waals surface area contributed by atoms with E-state index in [0.29, 0.717) is 23.2 Å². The number of carboxylic acids is 1. The van der Waals surface area contributed by atoms with Crippen molar-refractivity contribution in [2.75, 3.05) is 19.9 Å². The molecule has 3 heterocycles. The van der Waals surface area contributed by atoms with E-state index in [-0.39, 0.29) is 12.5 Å². The lowest BCUT2D eigenvalue weighted by atomic mass is 9.85. The van der Waals surface area contributed by atoms with Gasteiger partial charge in [0.05, 0.1) is 38.0 Å². The van der Waals surface area contributed by atoms with Gasteiger partial charge >= 0.3 is 24.1 Å². The van der Waals surface area contributed by atoms with Gasteiger partial charge in [0.2, 0.25) is 6.79 Å². The van der Waals surface area contributed by atoms with Crippen LogP contribution in [0.2, 0.25) is 0 Å². The molecule has 0 radical (unpaired) electrons. The fourth-order valence-corrected chi connectivity index (χ4v) is 7.03. The summed E-state index contributed by atoms with van der Waals surface area (Å²) in [7, 11) is 0. The van der Waals surface area contributed by atoms with Gasteiger partial charge in [-0.15, -0.1) is 0 Å². The van der Waals surface area contributed by atoms with Gasteiger partial charge in [0, 0.05) is 49.7 Å². The lowest BCUT2D eigenvalue weighted by Gasteiger charge is -2.47. The molecule has 3 saturated heterocycles. The van der Waals surface area contributed by atoms with Crippen LogP contribution >= 0.6 is 0 Å². The lowest BCUT2D eigenvalue weighted by molar-refractivity contribution is -0.956. The van der Waals surface area contributed by atoms with Crippen molar-refractivity contribution in [3.8, 4) is 0 Å². The Balaban J connectivity index is 1.36. The van der Waals surface area contributed by atoms with Crippen LogP contribution in [0.15, 0.2) is 60.7 Å². The SMILES string of the molecule is O=C(O)CCC(=O)OCOC(=O)OC(C(=O)OC1CC2CCC(C1)[N+]21CCCC1)(c1ccccc1)c1ccccc1. The third-order valence-corrected chi connectivity index (χ3v) is 8.85. The summed E-state index contributed by atoms with van der Waals surface area (Å²) in [5.74, 6) is -2.72. The molecule has 2 atom stereocenters. The second-order valence-corrected chi connectivity index (χ2v) is 11.1. The molecule has 2 aromatic rings. The number of quaternary nitrogens is 1. The Hall–Kier alpha value is -3.92. The fourth-order valence-electron chi connectivity index (χ4n) is 7.03. The predicted octanol–water partition coefficient (Wildman–Crippen LogP) is 4.30. The molecule has 41 heavy (non-hydrogen) atoms. The molecule has 3 aliphatic heterocycles. The van der Waals surface area contributed by atoms with Crippen molar-refractivity contribution in [3.63, 3.8) is 0 Å². The normalized spacial score (nSPS) is 22.6. The van der Waals surface area contributed by atoms with Crippen LogP contribution in [0.1, 0.15) is 62.5 Å². The van der Waals surface area contributed by atoms with Crippen LogP contribution in [0, 0.1) is 0 Å². The fraction of sp³-hybridized carbons (Fsp3) is 0.484. The molecule has 1 spiro atoms. The highest BCUT2D eigenvalue weighted by molar-refractivity contribution is 5.88. The highest BCUT2D eigenvalue weighted by Gasteiger charge is 2.57. The van der Waals surface area contributed by atoms with Gasteiger partial charge in [0.15, 0.2) is 0 Å². The van der Waals surface area contributed by atoms with Crippen LogP contribution in [0.5, 0.6) is 0 Å². The third-order valence-electron chi connectivity index (χ3n) is 8.85. The number of ether oxygens (including phenoxy) is 4. The molecule has 10 heteroatoms. The van der Waals surface area contributed by atoms with E-state index in [1.807, 2.05) is 0 Å². The Morgan fingerprint density at radius 2 is 1.37 bits per heavy atom. The first-order valence-electron chi connectivity index (χ1n) is 14.3. The van der Waals surface area contributed by atoms with Gasteiger partial charge in [-0.3, -0.25) is 9.59 Å². The van der Waals surface area contributed by atoms with Crippen molar-refractivity contribution in [3.05, 3.63) is 71.8 Å². The van der Waals surface area contributed by atoms with Crippen LogP contribution in [-0.2, 0) is 38.9 Å². The van der Waals surface area contributed by atoms with Crippen molar-refractivity contribution < 1.29 is 47.7 Å². The first-order chi connectivity index (χ1) is 19.8. The van der Waals surface area contributed by atoms with E-state index in [1.165, 1.54) is 25.9 Å². The molecule has 1 N–H and O–H groups in total. The first-order valence-corrected chi connectivity index (χ1v) is 14.3. The topological polar surface area (TPSA) is 125 Å². The summed E-state index contributed by atoms with van der Waals surface area (Å²) in [4.78, 5) is 49.6. The summed E-state index contributed by atoms with van der Waals surface area (Å²) in [5, 5.41) is 8.72. The van der Waals surface area contributed by atoms with Gasteiger partial charge in [-0.2, -0.15) is 0 Å². The quantitative estimate of drug-likeness (QED) is 0.194. The number of hydrogen-bond donors (Lipinski definition) is 1. The monoisotopic (exact) mass is 566 g/mol. The highest BCUT2D eigenvalue weighted by atomic mass is 16.8. The summed E-state index contributed by atoms with van der Waals surface area (Å²) in [6.45, 7) is 1.60. The summed E-state index contributed by atoms with van der Waals surface area (Å²) in [5.41, 5.74) is -1.20. The average Bonchev–Trinajstić information content (AvgIpc) is 3.52. The first kappa shape index (κ1) is 28.6. The van der Waals surface area contributed by atoms with E-state index in [2.05, 4.69) is 0 Å². The smallest absolute Gasteiger partial charge is 0.481 e. The van der Waals surface area contributed by atoms with Crippen LogP contribution in [0.25, 0.3) is 0 Å². The van der Waals surface area contributed by atoms with E-state index < -0.39 is 42.9 Å². The zero-order chi connectivity index (χ0) is 28.9. The molecular weight excluding hydrogens is 530 g/mol. The number of esters is 2. The maximum Gasteiger partial charge on any atom is 0.513 e. The Morgan fingerprint density at radius 1 is 0.805 bits per heavy atom. The van der Waals surface area contributed by atoms with Crippen molar-refractivity contribution in [2.45, 2.75) is 75.2 Å².